The molecule has 164 valence electrons. The van der Waals surface area contributed by atoms with E-state index in [1.165, 1.54) is 6.07 Å². The van der Waals surface area contributed by atoms with E-state index in [0.717, 1.165) is 56.9 Å². The fraction of sp³-hybridized carbons (Fsp3) is 0.231. The van der Waals surface area contributed by atoms with Gasteiger partial charge in [-0.1, -0.05) is 26.0 Å². The summed E-state index contributed by atoms with van der Waals surface area (Å²) in [5, 5.41) is 5.39. The molecule has 0 aliphatic carbocycles. The molecule has 0 saturated heterocycles. The van der Waals surface area contributed by atoms with Gasteiger partial charge in [-0.05, 0) is 41.2 Å². The van der Waals surface area contributed by atoms with Gasteiger partial charge in [0.1, 0.15) is 5.82 Å². The molecule has 3 aromatic carbocycles. The van der Waals surface area contributed by atoms with E-state index in [9.17, 15) is 14.0 Å². The Morgan fingerprint density at radius 2 is 1.79 bits per heavy atom. The van der Waals surface area contributed by atoms with E-state index in [2.05, 4.69) is 28.7 Å². The van der Waals surface area contributed by atoms with E-state index in [4.69, 9.17) is 5.73 Å². The van der Waals surface area contributed by atoms with Crippen LogP contribution in [0.3, 0.4) is 0 Å². The van der Waals surface area contributed by atoms with Gasteiger partial charge in [0, 0.05) is 40.2 Å². The number of carbonyl (C=O) groups excluding carboxylic acids is 2. The van der Waals surface area contributed by atoms with Crippen LogP contribution in [0.15, 0.2) is 30.3 Å². The van der Waals surface area contributed by atoms with Crippen LogP contribution in [0.1, 0.15) is 52.1 Å². The maximum Gasteiger partial charge on any atom is 0.259 e. The summed E-state index contributed by atoms with van der Waals surface area (Å²) in [6, 6.07) is 8.98. The van der Waals surface area contributed by atoms with Crippen LogP contribution in [0.25, 0.3) is 43.6 Å². The molecule has 0 atom stereocenters. The summed E-state index contributed by atoms with van der Waals surface area (Å²) in [5.74, 6) is -1.19. The lowest BCUT2D eigenvalue weighted by Crippen LogP contribution is -2.25. The molecular weight excluding hydrogens is 419 g/mol. The maximum atomic E-state index is 14.9. The number of hydrogen-bond donors (Lipinski definition) is 3. The predicted molar refractivity (Wildman–Crippen MR) is 126 cm³/mol. The first-order valence-corrected chi connectivity index (χ1v) is 11.1. The number of benzene rings is 3. The van der Waals surface area contributed by atoms with Crippen LogP contribution < -0.4 is 11.1 Å². The van der Waals surface area contributed by atoms with Crippen molar-refractivity contribution in [2.75, 3.05) is 0 Å². The average molecular weight is 440 g/mol. The van der Waals surface area contributed by atoms with E-state index < -0.39 is 11.8 Å². The highest BCUT2D eigenvalue weighted by atomic mass is 19.1. The first-order valence-electron chi connectivity index (χ1n) is 11.1. The molecule has 2 aromatic heterocycles. The maximum absolute atomic E-state index is 14.9. The molecule has 7 heteroatoms. The molecule has 0 spiro atoms. The van der Waals surface area contributed by atoms with Gasteiger partial charge in [-0.2, -0.15) is 0 Å². The molecule has 0 saturated carbocycles. The molecule has 5 aromatic rings. The minimum Gasteiger partial charge on any atom is -0.353 e. The monoisotopic (exact) mass is 440 g/mol. The molecule has 7 rings (SSSR count). The summed E-state index contributed by atoms with van der Waals surface area (Å²) in [5.41, 5.74) is 11.7. The molecule has 4 heterocycles. The van der Waals surface area contributed by atoms with Crippen LogP contribution in [0, 0.1) is 5.82 Å². The van der Waals surface area contributed by atoms with Gasteiger partial charge in [-0.15, -0.1) is 0 Å². The Labute approximate surface area is 187 Å². The number of halogens is 1. The van der Waals surface area contributed by atoms with Crippen molar-refractivity contribution in [2.24, 2.45) is 5.73 Å². The Morgan fingerprint density at radius 3 is 2.55 bits per heavy atom. The molecule has 0 bridgehead atoms. The van der Waals surface area contributed by atoms with Crippen molar-refractivity contribution in [3.8, 4) is 0 Å². The minimum absolute atomic E-state index is 0.207. The van der Waals surface area contributed by atoms with Crippen molar-refractivity contribution >= 4 is 55.4 Å². The number of aromatic amines is 1. The Bertz CT molecular complexity index is 1760. The van der Waals surface area contributed by atoms with Crippen molar-refractivity contribution in [1.82, 2.24) is 14.9 Å². The van der Waals surface area contributed by atoms with Gasteiger partial charge in [-0.25, -0.2) is 4.39 Å². The van der Waals surface area contributed by atoms with Crippen molar-refractivity contribution in [1.29, 1.82) is 0 Å². The van der Waals surface area contributed by atoms with E-state index in [0.29, 0.717) is 28.4 Å². The topological polar surface area (TPSA) is 92.9 Å². The van der Waals surface area contributed by atoms with Crippen molar-refractivity contribution in [2.45, 2.75) is 38.8 Å². The zero-order valence-corrected chi connectivity index (χ0v) is 18.2. The smallest absolute Gasteiger partial charge is 0.259 e. The summed E-state index contributed by atoms with van der Waals surface area (Å²) in [7, 11) is 0. The SMILES string of the molecule is CC1(C)CCn2c3c1cc(F)cc3c1c3c(c4c5ccc(CN)cc5[nH]c4c12)C(=O)NC3=O. The summed E-state index contributed by atoms with van der Waals surface area (Å²) in [6.45, 7) is 5.38. The first-order chi connectivity index (χ1) is 15.8. The van der Waals surface area contributed by atoms with E-state index in [-0.39, 0.29) is 11.2 Å². The molecule has 33 heavy (non-hydrogen) atoms. The highest BCUT2D eigenvalue weighted by Crippen LogP contribution is 2.48. The molecule has 0 fully saturated rings. The second kappa shape index (κ2) is 5.80. The van der Waals surface area contributed by atoms with Gasteiger partial charge < -0.3 is 15.3 Å². The number of imide groups is 1. The predicted octanol–water partition coefficient (Wildman–Crippen LogP) is 4.59. The van der Waals surface area contributed by atoms with Crippen molar-refractivity contribution in [3.63, 3.8) is 0 Å². The summed E-state index contributed by atoms with van der Waals surface area (Å²) >= 11 is 0. The van der Waals surface area contributed by atoms with Crippen LogP contribution in [0.4, 0.5) is 4.39 Å². The molecule has 0 unspecified atom stereocenters. The number of aromatic nitrogens is 2. The number of carbonyl (C=O) groups is 2. The standard InChI is InChI=1S/C26H21FN4O2/c1-26(2)5-6-31-22-14(8-12(27)9-15(22)26)18-20-19(24(32)30-25(20)33)17-13-4-3-11(10-28)7-16(13)29-21(17)23(18)31/h3-4,7-9,29H,5-6,10,28H2,1-2H3,(H,30,32,33). The van der Waals surface area contributed by atoms with Crippen LogP contribution in [0.5, 0.6) is 0 Å². The van der Waals surface area contributed by atoms with Gasteiger partial charge >= 0.3 is 0 Å². The van der Waals surface area contributed by atoms with Crippen LogP contribution >= 0.6 is 0 Å². The van der Waals surface area contributed by atoms with E-state index in [1.54, 1.807) is 6.07 Å². The third-order valence-corrected chi connectivity index (χ3v) is 7.58. The second-order valence-corrected chi connectivity index (χ2v) is 9.85. The Hall–Kier alpha value is -3.71. The van der Waals surface area contributed by atoms with Gasteiger partial charge in [0.25, 0.3) is 11.8 Å². The Balaban J connectivity index is 1.82. The molecule has 0 radical (unpaired) electrons. The third-order valence-electron chi connectivity index (χ3n) is 7.58. The fourth-order valence-corrected chi connectivity index (χ4v) is 5.97. The van der Waals surface area contributed by atoms with E-state index >= 15 is 0 Å². The van der Waals surface area contributed by atoms with Crippen molar-refractivity contribution < 1.29 is 14.0 Å². The zero-order chi connectivity index (χ0) is 22.8. The van der Waals surface area contributed by atoms with Gasteiger partial charge in [-0.3, -0.25) is 14.9 Å². The number of nitrogens with zero attached hydrogens (tertiary/aromatic N) is 1. The summed E-state index contributed by atoms with van der Waals surface area (Å²) in [6.07, 6.45) is 0.837. The second-order valence-electron chi connectivity index (χ2n) is 9.85. The summed E-state index contributed by atoms with van der Waals surface area (Å²) in [4.78, 5) is 29.6. The Kier molecular flexibility index (Phi) is 3.31. The van der Waals surface area contributed by atoms with Gasteiger partial charge in [0.15, 0.2) is 0 Å². The molecule has 4 N–H and O–H groups in total. The zero-order valence-electron chi connectivity index (χ0n) is 18.2. The van der Waals surface area contributed by atoms with Crippen molar-refractivity contribution in [3.05, 3.63) is 58.4 Å². The number of hydrogen-bond acceptors (Lipinski definition) is 3. The molecule has 2 aliphatic rings. The normalized spacial score (nSPS) is 17.0. The highest BCUT2D eigenvalue weighted by molar-refractivity contribution is 6.39. The number of aryl methyl sites for hydroxylation is 1. The third kappa shape index (κ3) is 2.15. The van der Waals surface area contributed by atoms with Gasteiger partial charge in [0.2, 0.25) is 0 Å². The van der Waals surface area contributed by atoms with Crippen LogP contribution in [-0.4, -0.2) is 21.4 Å². The average Bonchev–Trinajstić information content (AvgIpc) is 3.40. The Morgan fingerprint density at radius 1 is 1.03 bits per heavy atom. The molecule has 6 nitrogen and oxygen atoms in total. The van der Waals surface area contributed by atoms with Gasteiger partial charge in [0.05, 0.1) is 27.7 Å². The first kappa shape index (κ1) is 18.8. The number of H-pyrrole nitrogens is 1. The van der Waals surface area contributed by atoms with Crippen LogP contribution in [0.2, 0.25) is 0 Å². The molecular formula is C26H21FN4O2. The molecule has 2 amide bonds. The fourth-order valence-electron chi connectivity index (χ4n) is 5.97. The largest absolute Gasteiger partial charge is 0.353 e. The quantitative estimate of drug-likeness (QED) is 0.333. The lowest BCUT2D eigenvalue weighted by molar-refractivity contribution is 0.0880. The minimum atomic E-state index is -0.432. The highest BCUT2D eigenvalue weighted by Gasteiger charge is 2.38. The lowest BCUT2D eigenvalue weighted by atomic mass is 9.78. The molecule has 2 aliphatic heterocycles. The van der Waals surface area contributed by atoms with Crippen LogP contribution in [-0.2, 0) is 18.5 Å². The number of nitrogens with two attached hydrogens (primary N) is 1. The van der Waals surface area contributed by atoms with E-state index in [1.807, 2.05) is 18.2 Å². The number of nitrogens with one attached hydrogen (secondary N) is 2. The number of rotatable bonds is 1. The number of amides is 2. The number of fused-ring (bicyclic) bond motifs is 10. The lowest BCUT2D eigenvalue weighted by Gasteiger charge is -2.32. The summed E-state index contributed by atoms with van der Waals surface area (Å²) < 4.78 is 17.1.